The maximum Gasteiger partial charge on any atom is 0.305 e. The third-order valence-corrected chi connectivity index (χ3v) is 4.95. The van der Waals surface area contributed by atoms with Crippen LogP contribution in [-0.4, -0.2) is 32.7 Å². The predicted octanol–water partition coefficient (Wildman–Crippen LogP) is 3.46. The molecule has 1 atom stereocenters. The number of aromatic nitrogens is 2. The summed E-state index contributed by atoms with van der Waals surface area (Å²) in [6, 6.07) is 9.46. The van der Waals surface area contributed by atoms with Crippen LogP contribution in [0.15, 0.2) is 34.8 Å². The maximum absolute atomic E-state index is 12.6. The van der Waals surface area contributed by atoms with E-state index in [2.05, 4.69) is 31.4 Å². The molecule has 1 heterocycles. The van der Waals surface area contributed by atoms with Gasteiger partial charge in [0.2, 0.25) is 0 Å². The van der Waals surface area contributed by atoms with Crippen LogP contribution >= 0.6 is 15.9 Å². The van der Waals surface area contributed by atoms with Crippen LogP contribution in [0.5, 0.6) is 0 Å². The van der Waals surface area contributed by atoms with Crippen LogP contribution in [0.1, 0.15) is 37.7 Å². The second-order valence-corrected chi connectivity index (χ2v) is 7.02. The molecule has 1 aromatic heterocycles. The summed E-state index contributed by atoms with van der Waals surface area (Å²) in [6.45, 7) is 5.48. The van der Waals surface area contributed by atoms with Gasteiger partial charge in [0, 0.05) is 5.56 Å². The van der Waals surface area contributed by atoms with Gasteiger partial charge in [-0.1, -0.05) is 44.2 Å². The first-order valence-corrected chi connectivity index (χ1v) is 8.37. The molecule has 0 aliphatic carbocycles. The summed E-state index contributed by atoms with van der Waals surface area (Å²) in [5.41, 5.74) is 0.911. The molecule has 0 aliphatic heterocycles. The number of nitrogens with zero attached hydrogens (tertiary/aromatic N) is 1. The molecule has 2 rings (SSSR count). The SMILES string of the molecule is CC(C)C(C)(CC(=O)O)NC(=O)c1[nH]nc(-c2ccccc2)c1Br. The normalized spacial score (nSPS) is 13.5. The second-order valence-electron chi connectivity index (χ2n) is 6.22. The summed E-state index contributed by atoms with van der Waals surface area (Å²) >= 11 is 3.41. The van der Waals surface area contributed by atoms with Crippen LogP contribution in [0, 0.1) is 5.92 Å². The van der Waals surface area contributed by atoms with Gasteiger partial charge in [0.15, 0.2) is 0 Å². The van der Waals surface area contributed by atoms with E-state index in [-0.39, 0.29) is 18.0 Å². The van der Waals surface area contributed by atoms with Crippen molar-refractivity contribution in [2.75, 3.05) is 0 Å². The first kappa shape index (κ1) is 18.2. The van der Waals surface area contributed by atoms with Crippen molar-refractivity contribution in [2.45, 2.75) is 32.7 Å². The van der Waals surface area contributed by atoms with Crippen molar-refractivity contribution in [1.29, 1.82) is 0 Å². The van der Waals surface area contributed by atoms with E-state index in [9.17, 15) is 9.59 Å². The van der Waals surface area contributed by atoms with Gasteiger partial charge in [-0.25, -0.2) is 0 Å². The molecular formula is C17H20BrN3O3. The molecule has 0 radical (unpaired) electrons. The summed E-state index contributed by atoms with van der Waals surface area (Å²) < 4.78 is 0.549. The quantitative estimate of drug-likeness (QED) is 0.699. The number of halogens is 1. The predicted molar refractivity (Wildman–Crippen MR) is 94.7 cm³/mol. The lowest BCUT2D eigenvalue weighted by molar-refractivity contribution is -0.138. The van der Waals surface area contributed by atoms with Crippen molar-refractivity contribution >= 4 is 27.8 Å². The number of aromatic amines is 1. The Balaban J connectivity index is 2.27. The average molecular weight is 394 g/mol. The van der Waals surface area contributed by atoms with Crippen molar-refractivity contribution in [3.05, 3.63) is 40.5 Å². The van der Waals surface area contributed by atoms with E-state index in [4.69, 9.17) is 5.11 Å². The van der Waals surface area contributed by atoms with Crippen LogP contribution in [0.3, 0.4) is 0 Å². The topological polar surface area (TPSA) is 95.1 Å². The van der Waals surface area contributed by atoms with Gasteiger partial charge in [0.25, 0.3) is 5.91 Å². The molecule has 1 unspecified atom stereocenters. The van der Waals surface area contributed by atoms with Crippen LogP contribution in [-0.2, 0) is 4.79 Å². The fourth-order valence-electron chi connectivity index (χ4n) is 2.29. The molecule has 0 aliphatic rings. The molecule has 1 aromatic carbocycles. The number of hydrogen-bond donors (Lipinski definition) is 3. The Kier molecular flexibility index (Phi) is 5.43. The number of amides is 1. The van der Waals surface area contributed by atoms with Gasteiger partial charge in [-0.15, -0.1) is 0 Å². The Morgan fingerprint density at radius 2 is 1.96 bits per heavy atom. The number of nitrogens with one attached hydrogen (secondary N) is 2. The standard InChI is InChI=1S/C17H20BrN3O3/c1-10(2)17(3,9-12(22)23)19-16(24)15-13(18)14(20-21-15)11-7-5-4-6-8-11/h4-8,10H,9H2,1-3H3,(H,19,24)(H,20,21)(H,22,23). The molecular weight excluding hydrogens is 374 g/mol. The summed E-state index contributed by atoms with van der Waals surface area (Å²) in [5, 5.41) is 18.9. The van der Waals surface area contributed by atoms with Crippen molar-refractivity contribution in [1.82, 2.24) is 15.5 Å². The Labute approximate surface area is 148 Å². The van der Waals surface area contributed by atoms with Crippen LogP contribution < -0.4 is 5.32 Å². The minimum Gasteiger partial charge on any atom is -0.481 e. The highest BCUT2D eigenvalue weighted by molar-refractivity contribution is 9.10. The lowest BCUT2D eigenvalue weighted by Crippen LogP contribution is -2.51. The highest BCUT2D eigenvalue weighted by Crippen LogP contribution is 2.29. The monoisotopic (exact) mass is 393 g/mol. The number of carbonyl (C=O) groups excluding carboxylic acids is 1. The van der Waals surface area contributed by atoms with E-state index in [1.165, 1.54) is 0 Å². The number of carboxylic acids is 1. The summed E-state index contributed by atoms with van der Waals surface area (Å²) in [6.07, 6.45) is -0.159. The minimum absolute atomic E-state index is 0.0483. The lowest BCUT2D eigenvalue weighted by Gasteiger charge is -2.33. The van der Waals surface area contributed by atoms with Gasteiger partial charge in [-0.2, -0.15) is 5.10 Å². The molecule has 128 valence electrons. The molecule has 6 nitrogen and oxygen atoms in total. The lowest BCUT2D eigenvalue weighted by atomic mass is 9.85. The molecule has 3 N–H and O–H groups in total. The highest BCUT2D eigenvalue weighted by atomic mass is 79.9. The zero-order chi connectivity index (χ0) is 17.9. The minimum atomic E-state index is -0.958. The van der Waals surface area contributed by atoms with Crippen LogP contribution in [0.25, 0.3) is 11.3 Å². The summed E-state index contributed by atoms with van der Waals surface area (Å²) in [7, 11) is 0. The molecule has 1 amide bonds. The molecule has 0 saturated carbocycles. The molecule has 0 bridgehead atoms. The molecule has 2 aromatic rings. The number of H-pyrrole nitrogens is 1. The van der Waals surface area contributed by atoms with E-state index in [0.717, 1.165) is 5.56 Å². The molecule has 24 heavy (non-hydrogen) atoms. The molecule has 0 fully saturated rings. The number of benzene rings is 1. The third kappa shape index (κ3) is 3.84. The van der Waals surface area contributed by atoms with Crippen molar-refractivity contribution in [2.24, 2.45) is 5.92 Å². The smallest absolute Gasteiger partial charge is 0.305 e. The van der Waals surface area contributed by atoms with E-state index in [1.807, 2.05) is 44.2 Å². The Hall–Kier alpha value is -2.15. The van der Waals surface area contributed by atoms with E-state index in [0.29, 0.717) is 10.2 Å². The molecule has 7 heteroatoms. The largest absolute Gasteiger partial charge is 0.481 e. The van der Waals surface area contributed by atoms with Gasteiger partial charge in [-0.05, 0) is 28.8 Å². The first-order chi connectivity index (χ1) is 11.2. The van der Waals surface area contributed by atoms with E-state index < -0.39 is 17.4 Å². The number of carboxylic acid groups (broad SMARTS) is 1. The molecule has 0 saturated heterocycles. The highest BCUT2D eigenvalue weighted by Gasteiger charge is 2.34. The zero-order valence-electron chi connectivity index (χ0n) is 13.8. The second kappa shape index (κ2) is 7.17. The maximum atomic E-state index is 12.6. The van der Waals surface area contributed by atoms with E-state index >= 15 is 0 Å². The average Bonchev–Trinajstić information content (AvgIpc) is 2.89. The molecule has 0 spiro atoms. The zero-order valence-corrected chi connectivity index (χ0v) is 15.3. The van der Waals surface area contributed by atoms with Gasteiger partial charge >= 0.3 is 5.97 Å². The Morgan fingerprint density at radius 1 is 1.33 bits per heavy atom. The van der Waals surface area contributed by atoms with Crippen LogP contribution in [0.4, 0.5) is 0 Å². The van der Waals surface area contributed by atoms with Gasteiger partial charge < -0.3 is 10.4 Å². The summed E-state index contributed by atoms with van der Waals surface area (Å²) in [4.78, 5) is 23.7. The summed E-state index contributed by atoms with van der Waals surface area (Å²) in [5.74, 6) is -1.40. The number of aliphatic carboxylic acids is 1. The van der Waals surface area contributed by atoms with Crippen molar-refractivity contribution < 1.29 is 14.7 Å². The van der Waals surface area contributed by atoms with E-state index in [1.54, 1.807) is 6.92 Å². The van der Waals surface area contributed by atoms with Gasteiger partial charge in [0.1, 0.15) is 11.4 Å². The van der Waals surface area contributed by atoms with Gasteiger partial charge in [0.05, 0.1) is 16.4 Å². The van der Waals surface area contributed by atoms with Crippen LogP contribution in [0.2, 0.25) is 0 Å². The fourth-order valence-corrected chi connectivity index (χ4v) is 2.88. The Bertz CT molecular complexity index is 743. The third-order valence-electron chi connectivity index (χ3n) is 4.17. The Morgan fingerprint density at radius 3 is 2.50 bits per heavy atom. The fraction of sp³-hybridized carbons (Fsp3) is 0.353. The van der Waals surface area contributed by atoms with Crippen molar-refractivity contribution in [3.63, 3.8) is 0 Å². The first-order valence-electron chi connectivity index (χ1n) is 7.58. The number of hydrogen-bond acceptors (Lipinski definition) is 3. The van der Waals surface area contributed by atoms with Gasteiger partial charge in [-0.3, -0.25) is 14.7 Å². The van der Waals surface area contributed by atoms with Crippen molar-refractivity contribution in [3.8, 4) is 11.3 Å². The number of carbonyl (C=O) groups is 2. The number of rotatable bonds is 6.